The number of amides is 1. The molecule has 0 saturated heterocycles. The van der Waals surface area contributed by atoms with E-state index in [1.54, 1.807) is 0 Å². The first-order chi connectivity index (χ1) is 5.06. The summed E-state index contributed by atoms with van der Waals surface area (Å²) in [7, 11) is 0. The molecule has 0 aromatic carbocycles. The minimum absolute atomic E-state index is 0.372. The van der Waals surface area contributed by atoms with Gasteiger partial charge in [0, 0.05) is 6.92 Å². The van der Waals surface area contributed by atoms with Gasteiger partial charge in [0.25, 0.3) is 0 Å². The van der Waals surface area contributed by atoms with E-state index in [-0.39, 0.29) is 6.42 Å². The normalized spacial score (nSPS) is 11.7. The van der Waals surface area contributed by atoms with Gasteiger partial charge in [-0.25, -0.2) is 0 Å². The first kappa shape index (κ1) is 9.61. The van der Waals surface area contributed by atoms with Crippen LogP contribution in [0.15, 0.2) is 0 Å². The minimum atomic E-state index is -1.11. The van der Waals surface area contributed by atoms with Crippen molar-refractivity contribution in [3.8, 4) is 0 Å². The lowest BCUT2D eigenvalue weighted by molar-refractivity contribution is -0.138. The molecule has 62 valence electrons. The van der Waals surface area contributed by atoms with Gasteiger partial charge in [-0.1, -0.05) is 0 Å². The first-order valence-corrected chi connectivity index (χ1v) is 3.00. The number of hydrogen-bond donors (Lipinski definition) is 2. The van der Waals surface area contributed by atoms with Crippen molar-refractivity contribution in [3.63, 3.8) is 0 Å². The number of carbonyl (C=O) groups is 3. The molecule has 0 aliphatic carbocycles. The molecule has 0 bridgehead atoms. The van der Waals surface area contributed by atoms with Crippen molar-refractivity contribution in [2.45, 2.75) is 19.4 Å². The quantitative estimate of drug-likeness (QED) is 0.524. The zero-order valence-electron chi connectivity index (χ0n) is 6.03. The molecule has 11 heavy (non-hydrogen) atoms. The van der Waals surface area contributed by atoms with E-state index in [1.165, 1.54) is 6.92 Å². The molecule has 5 nitrogen and oxygen atoms in total. The molecular weight excluding hydrogens is 150 g/mol. The Labute approximate surface area is 63.4 Å². The molecule has 0 spiro atoms. The molecule has 0 radical (unpaired) electrons. The summed E-state index contributed by atoms with van der Waals surface area (Å²) in [5.41, 5.74) is 0. The van der Waals surface area contributed by atoms with Gasteiger partial charge in [-0.05, 0) is 0 Å². The molecule has 0 aliphatic heterocycles. The van der Waals surface area contributed by atoms with Crippen molar-refractivity contribution < 1.29 is 19.5 Å². The van der Waals surface area contributed by atoms with Crippen LogP contribution in [0.4, 0.5) is 0 Å². The number of aliphatic carboxylic acids is 1. The second-order valence-corrected chi connectivity index (χ2v) is 2.04. The maximum absolute atomic E-state index is 10.3. The number of carboxylic acid groups (broad SMARTS) is 1. The molecule has 0 heterocycles. The van der Waals surface area contributed by atoms with Gasteiger partial charge in [0.1, 0.15) is 6.29 Å². The second kappa shape index (κ2) is 4.43. The van der Waals surface area contributed by atoms with Crippen LogP contribution in [0.5, 0.6) is 0 Å². The van der Waals surface area contributed by atoms with E-state index in [1.807, 2.05) is 0 Å². The smallest absolute Gasteiger partial charge is 0.305 e. The highest BCUT2D eigenvalue weighted by atomic mass is 16.4. The second-order valence-electron chi connectivity index (χ2n) is 2.04. The van der Waals surface area contributed by atoms with Crippen LogP contribution in [-0.4, -0.2) is 29.3 Å². The van der Waals surface area contributed by atoms with Gasteiger partial charge >= 0.3 is 5.97 Å². The number of carboxylic acids is 1. The lowest BCUT2D eigenvalue weighted by atomic mass is 10.2. The van der Waals surface area contributed by atoms with Gasteiger partial charge in [-0.15, -0.1) is 0 Å². The van der Waals surface area contributed by atoms with Crippen LogP contribution in [0.2, 0.25) is 0 Å². The lowest BCUT2D eigenvalue weighted by Gasteiger charge is -2.06. The average Bonchev–Trinajstić information content (AvgIpc) is 1.84. The van der Waals surface area contributed by atoms with E-state index in [0.29, 0.717) is 6.29 Å². The Bertz CT molecular complexity index is 161. The Kier molecular flexibility index (Phi) is 3.87. The molecule has 0 aromatic rings. The zero-order chi connectivity index (χ0) is 8.85. The third kappa shape index (κ3) is 5.07. The molecule has 0 aromatic heterocycles. The summed E-state index contributed by atoms with van der Waals surface area (Å²) in [5, 5.41) is 10.4. The molecule has 5 heteroatoms. The van der Waals surface area contributed by atoms with Gasteiger partial charge in [0.05, 0.1) is 12.5 Å². The molecule has 0 unspecified atom stereocenters. The highest BCUT2D eigenvalue weighted by Crippen LogP contribution is 1.87. The monoisotopic (exact) mass is 159 g/mol. The van der Waals surface area contributed by atoms with Gasteiger partial charge in [-0.2, -0.15) is 0 Å². The maximum atomic E-state index is 10.3. The predicted molar refractivity (Wildman–Crippen MR) is 35.9 cm³/mol. The molecule has 0 aliphatic rings. The van der Waals surface area contributed by atoms with Crippen LogP contribution in [0.25, 0.3) is 0 Å². The maximum Gasteiger partial charge on any atom is 0.305 e. The third-order valence-electron chi connectivity index (χ3n) is 0.947. The highest BCUT2D eigenvalue weighted by molar-refractivity contribution is 5.80. The van der Waals surface area contributed by atoms with Crippen LogP contribution < -0.4 is 5.32 Å². The summed E-state index contributed by atoms with van der Waals surface area (Å²) in [4.78, 5) is 30.5. The Morgan fingerprint density at radius 2 is 2.18 bits per heavy atom. The summed E-state index contributed by atoms with van der Waals surface area (Å²) in [6.07, 6.45) is 0.0264. The van der Waals surface area contributed by atoms with Crippen molar-refractivity contribution in [1.29, 1.82) is 0 Å². The SMILES string of the molecule is CC(=O)N[C@H](C=O)CC(=O)O. The average molecular weight is 159 g/mol. The summed E-state index contributed by atoms with van der Waals surface area (Å²) >= 11 is 0. The predicted octanol–water partition coefficient (Wildman–Crippen LogP) is -0.835. The number of rotatable bonds is 4. The molecule has 0 saturated carbocycles. The van der Waals surface area contributed by atoms with E-state index < -0.39 is 17.9 Å². The first-order valence-electron chi connectivity index (χ1n) is 3.00. The summed E-state index contributed by atoms with van der Waals surface area (Å²) in [6.45, 7) is 1.22. The van der Waals surface area contributed by atoms with Crippen molar-refractivity contribution in [2.24, 2.45) is 0 Å². The van der Waals surface area contributed by atoms with E-state index in [9.17, 15) is 14.4 Å². The Morgan fingerprint density at radius 1 is 1.64 bits per heavy atom. The van der Waals surface area contributed by atoms with E-state index in [0.717, 1.165) is 0 Å². The van der Waals surface area contributed by atoms with Crippen molar-refractivity contribution in [3.05, 3.63) is 0 Å². The zero-order valence-corrected chi connectivity index (χ0v) is 6.03. The summed E-state index contributed by atoms with van der Waals surface area (Å²) in [5.74, 6) is -1.53. The number of nitrogens with one attached hydrogen (secondary N) is 1. The molecule has 1 amide bonds. The van der Waals surface area contributed by atoms with Crippen molar-refractivity contribution in [1.82, 2.24) is 5.32 Å². The number of carbonyl (C=O) groups excluding carboxylic acids is 2. The Morgan fingerprint density at radius 3 is 2.45 bits per heavy atom. The Balaban J connectivity index is 3.85. The van der Waals surface area contributed by atoms with Crippen LogP contribution in [-0.2, 0) is 14.4 Å². The third-order valence-corrected chi connectivity index (χ3v) is 0.947. The van der Waals surface area contributed by atoms with Crippen LogP contribution in [0.1, 0.15) is 13.3 Å². The standard InChI is InChI=1S/C6H9NO4/c1-4(9)7-5(3-8)2-6(10)11/h3,5H,2H2,1H3,(H,7,9)(H,10,11)/t5-/m0/s1. The molecule has 0 rings (SSSR count). The fourth-order valence-electron chi connectivity index (χ4n) is 0.582. The van der Waals surface area contributed by atoms with E-state index >= 15 is 0 Å². The molecule has 2 N–H and O–H groups in total. The lowest BCUT2D eigenvalue weighted by Crippen LogP contribution is -2.35. The van der Waals surface area contributed by atoms with Gasteiger partial charge in [0.2, 0.25) is 5.91 Å². The fourth-order valence-corrected chi connectivity index (χ4v) is 0.582. The van der Waals surface area contributed by atoms with Crippen LogP contribution in [0.3, 0.4) is 0 Å². The minimum Gasteiger partial charge on any atom is -0.481 e. The molecule has 1 atom stereocenters. The highest BCUT2D eigenvalue weighted by Gasteiger charge is 2.11. The fraction of sp³-hybridized carbons (Fsp3) is 0.500. The Hall–Kier alpha value is -1.39. The number of aldehydes is 1. The van der Waals surface area contributed by atoms with Gasteiger partial charge < -0.3 is 15.2 Å². The van der Waals surface area contributed by atoms with Crippen molar-refractivity contribution in [2.75, 3.05) is 0 Å². The van der Waals surface area contributed by atoms with Crippen LogP contribution >= 0.6 is 0 Å². The van der Waals surface area contributed by atoms with E-state index in [2.05, 4.69) is 5.32 Å². The molecule has 0 fully saturated rings. The van der Waals surface area contributed by atoms with Gasteiger partial charge in [-0.3, -0.25) is 9.59 Å². The summed E-state index contributed by atoms with van der Waals surface area (Å²) in [6, 6.07) is -0.912. The molecular formula is C6H9NO4. The largest absolute Gasteiger partial charge is 0.481 e. The van der Waals surface area contributed by atoms with Crippen LogP contribution in [0, 0.1) is 0 Å². The number of hydrogen-bond acceptors (Lipinski definition) is 3. The van der Waals surface area contributed by atoms with Crippen molar-refractivity contribution >= 4 is 18.2 Å². The topological polar surface area (TPSA) is 83.5 Å². The summed E-state index contributed by atoms with van der Waals surface area (Å²) < 4.78 is 0. The van der Waals surface area contributed by atoms with Gasteiger partial charge in [0.15, 0.2) is 0 Å². The van der Waals surface area contributed by atoms with E-state index in [4.69, 9.17) is 5.11 Å².